The fraction of sp³-hybridized carbons (Fsp3) is 0.125. The fourth-order valence-corrected chi connectivity index (χ4v) is 2.29. The Hall–Kier alpha value is -2.82. The van der Waals surface area contributed by atoms with Crippen LogP contribution in [0.1, 0.15) is 10.5 Å². The third-order valence-corrected chi connectivity index (χ3v) is 3.32. The maximum absolute atomic E-state index is 11.6. The van der Waals surface area contributed by atoms with Crippen LogP contribution in [-0.2, 0) is 4.74 Å². The first-order chi connectivity index (χ1) is 10.2. The fourth-order valence-electron chi connectivity index (χ4n) is 2.29. The van der Waals surface area contributed by atoms with E-state index in [1.165, 1.54) is 7.11 Å². The molecule has 0 fully saturated rings. The molecule has 5 heteroatoms. The lowest BCUT2D eigenvalue weighted by Gasteiger charge is -2.05. The van der Waals surface area contributed by atoms with E-state index < -0.39 is 5.97 Å². The number of nitrogens with zero attached hydrogens (tertiary/aromatic N) is 1. The molecule has 21 heavy (non-hydrogen) atoms. The van der Waals surface area contributed by atoms with Crippen LogP contribution in [0.4, 0.5) is 0 Å². The molecule has 5 nitrogen and oxygen atoms in total. The van der Waals surface area contributed by atoms with Gasteiger partial charge in [0.15, 0.2) is 0 Å². The summed E-state index contributed by atoms with van der Waals surface area (Å²) < 4.78 is 9.98. The van der Waals surface area contributed by atoms with Gasteiger partial charge in [-0.15, -0.1) is 0 Å². The van der Waals surface area contributed by atoms with Crippen molar-refractivity contribution in [3.05, 3.63) is 48.3 Å². The lowest BCUT2D eigenvalue weighted by Crippen LogP contribution is -2.00. The largest absolute Gasteiger partial charge is 0.497 e. The number of carbonyl (C=O) groups excluding carboxylic acids is 1. The highest BCUT2D eigenvalue weighted by Gasteiger charge is 2.13. The van der Waals surface area contributed by atoms with Gasteiger partial charge < -0.3 is 14.5 Å². The Labute approximate surface area is 121 Å². The molecular weight excluding hydrogens is 268 g/mol. The normalized spacial score (nSPS) is 10.6. The number of fused-ring (bicyclic) bond motifs is 1. The molecule has 0 unspecified atom stereocenters. The highest BCUT2D eigenvalue weighted by Crippen LogP contribution is 2.30. The molecule has 0 aliphatic rings. The smallest absolute Gasteiger partial charge is 0.354 e. The van der Waals surface area contributed by atoms with Gasteiger partial charge in [-0.1, -0.05) is 12.1 Å². The molecule has 106 valence electrons. The van der Waals surface area contributed by atoms with Crippen LogP contribution in [0, 0.1) is 0 Å². The van der Waals surface area contributed by atoms with Gasteiger partial charge in [0.25, 0.3) is 0 Å². The number of hydrogen-bond donors (Lipinski definition) is 1. The lowest BCUT2D eigenvalue weighted by molar-refractivity contribution is 0.0595. The van der Waals surface area contributed by atoms with Gasteiger partial charge in [0, 0.05) is 11.6 Å². The van der Waals surface area contributed by atoms with Crippen molar-refractivity contribution < 1.29 is 14.3 Å². The van der Waals surface area contributed by atoms with Crippen LogP contribution >= 0.6 is 0 Å². The number of rotatable bonds is 3. The average Bonchev–Trinajstić information content (AvgIpc) is 2.98. The number of pyridine rings is 1. The van der Waals surface area contributed by atoms with Crippen LogP contribution in [0.5, 0.6) is 5.75 Å². The quantitative estimate of drug-likeness (QED) is 0.750. The molecule has 0 amide bonds. The van der Waals surface area contributed by atoms with Gasteiger partial charge in [-0.2, -0.15) is 0 Å². The summed E-state index contributed by atoms with van der Waals surface area (Å²) in [7, 11) is 2.98. The average molecular weight is 282 g/mol. The number of aromatic nitrogens is 2. The van der Waals surface area contributed by atoms with E-state index in [9.17, 15) is 4.79 Å². The molecule has 1 N–H and O–H groups in total. The van der Waals surface area contributed by atoms with E-state index in [4.69, 9.17) is 9.47 Å². The van der Waals surface area contributed by atoms with Crippen molar-refractivity contribution in [2.24, 2.45) is 0 Å². The van der Waals surface area contributed by atoms with Crippen LogP contribution < -0.4 is 4.74 Å². The number of methoxy groups -OCH3 is 2. The number of benzene rings is 1. The zero-order valence-corrected chi connectivity index (χ0v) is 11.7. The van der Waals surface area contributed by atoms with Crippen molar-refractivity contribution in [1.29, 1.82) is 0 Å². The number of nitrogens with one attached hydrogen (secondary N) is 1. The molecule has 0 atom stereocenters. The Bertz CT molecular complexity index is 808. The van der Waals surface area contributed by atoms with E-state index in [2.05, 4.69) is 9.97 Å². The molecular formula is C16H14N2O3. The summed E-state index contributed by atoms with van der Waals surface area (Å²) in [6.45, 7) is 0. The van der Waals surface area contributed by atoms with Gasteiger partial charge in [0.2, 0.25) is 0 Å². The maximum Gasteiger partial charge on any atom is 0.354 e. The third kappa shape index (κ3) is 2.33. The van der Waals surface area contributed by atoms with Crippen LogP contribution in [0.3, 0.4) is 0 Å². The molecule has 1 aromatic carbocycles. The summed E-state index contributed by atoms with van der Waals surface area (Å²) >= 11 is 0. The molecule has 3 aromatic rings. The van der Waals surface area contributed by atoms with Gasteiger partial charge in [-0.3, -0.25) is 0 Å². The number of carbonyl (C=O) groups is 1. The lowest BCUT2D eigenvalue weighted by atomic mass is 10.0. The van der Waals surface area contributed by atoms with Crippen LogP contribution in [0.25, 0.3) is 22.2 Å². The summed E-state index contributed by atoms with van der Waals surface area (Å²) in [5, 5.41) is 0.867. The SMILES string of the molecule is COC(=O)c1cc2c(-c3cccc(OC)c3)ccnc2[nH]1. The molecule has 2 aromatic heterocycles. The first-order valence-corrected chi connectivity index (χ1v) is 6.43. The molecule has 0 aliphatic carbocycles. The second-order valence-electron chi connectivity index (χ2n) is 4.53. The van der Waals surface area contributed by atoms with Gasteiger partial charge in [0.1, 0.15) is 17.1 Å². The van der Waals surface area contributed by atoms with Crippen molar-refractivity contribution in [1.82, 2.24) is 9.97 Å². The minimum Gasteiger partial charge on any atom is -0.497 e. The highest BCUT2D eigenvalue weighted by molar-refractivity contribution is 5.99. The Morgan fingerprint density at radius 3 is 2.81 bits per heavy atom. The van der Waals surface area contributed by atoms with E-state index >= 15 is 0 Å². The Balaban J connectivity index is 2.18. The summed E-state index contributed by atoms with van der Waals surface area (Å²) in [6, 6.07) is 11.4. The van der Waals surface area contributed by atoms with Gasteiger partial charge in [-0.25, -0.2) is 9.78 Å². The first kappa shape index (κ1) is 13.2. The van der Waals surface area contributed by atoms with Crippen molar-refractivity contribution in [2.45, 2.75) is 0 Å². The number of aromatic amines is 1. The molecule has 0 saturated heterocycles. The Kier molecular flexibility index (Phi) is 3.31. The van der Waals surface area contributed by atoms with E-state index in [0.29, 0.717) is 11.3 Å². The van der Waals surface area contributed by atoms with Crippen LogP contribution in [-0.4, -0.2) is 30.2 Å². The van der Waals surface area contributed by atoms with Gasteiger partial charge >= 0.3 is 5.97 Å². The topological polar surface area (TPSA) is 64.2 Å². The predicted molar refractivity (Wildman–Crippen MR) is 79.4 cm³/mol. The van der Waals surface area contributed by atoms with Crippen molar-refractivity contribution >= 4 is 17.0 Å². The second-order valence-corrected chi connectivity index (χ2v) is 4.53. The Morgan fingerprint density at radius 2 is 2.05 bits per heavy atom. The van der Waals surface area contributed by atoms with Gasteiger partial charge in [-0.05, 0) is 35.4 Å². The van der Waals surface area contributed by atoms with Gasteiger partial charge in [0.05, 0.1) is 14.2 Å². The monoisotopic (exact) mass is 282 g/mol. The number of esters is 1. The van der Waals surface area contributed by atoms with Crippen LogP contribution in [0.15, 0.2) is 42.6 Å². The van der Waals surface area contributed by atoms with Crippen molar-refractivity contribution in [3.63, 3.8) is 0 Å². The van der Waals surface area contributed by atoms with Crippen molar-refractivity contribution in [2.75, 3.05) is 14.2 Å². The Morgan fingerprint density at radius 1 is 1.19 bits per heavy atom. The minimum atomic E-state index is -0.412. The summed E-state index contributed by atoms with van der Waals surface area (Å²) in [6.07, 6.45) is 1.70. The zero-order chi connectivity index (χ0) is 14.8. The van der Waals surface area contributed by atoms with E-state index in [0.717, 1.165) is 22.3 Å². The first-order valence-electron chi connectivity index (χ1n) is 6.43. The third-order valence-electron chi connectivity index (χ3n) is 3.32. The summed E-state index contributed by atoms with van der Waals surface area (Å²) in [4.78, 5) is 18.9. The molecule has 2 heterocycles. The highest BCUT2D eigenvalue weighted by atomic mass is 16.5. The second kappa shape index (κ2) is 5.28. The molecule has 0 aliphatic heterocycles. The number of ether oxygens (including phenoxy) is 2. The van der Waals surface area contributed by atoms with Crippen LogP contribution in [0.2, 0.25) is 0 Å². The number of hydrogen-bond acceptors (Lipinski definition) is 4. The molecule has 0 radical (unpaired) electrons. The molecule has 0 bridgehead atoms. The van der Waals surface area contributed by atoms with Crippen molar-refractivity contribution in [3.8, 4) is 16.9 Å². The molecule has 0 spiro atoms. The minimum absolute atomic E-state index is 0.385. The summed E-state index contributed by atoms with van der Waals surface area (Å²) in [5.74, 6) is 0.366. The molecule has 0 saturated carbocycles. The van der Waals surface area contributed by atoms with E-state index in [1.807, 2.05) is 30.3 Å². The van der Waals surface area contributed by atoms with E-state index in [-0.39, 0.29) is 0 Å². The maximum atomic E-state index is 11.6. The van der Waals surface area contributed by atoms with E-state index in [1.54, 1.807) is 19.4 Å². The number of H-pyrrole nitrogens is 1. The predicted octanol–water partition coefficient (Wildman–Crippen LogP) is 3.03. The summed E-state index contributed by atoms with van der Waals surface area (Å²) in [5.41, 5.74) is 3.01. The standard InChI is InChI=1S/C16H14N2O3/c1-20-11-5-3-4-10(8-11)12-6-7-17-15-13(12)9-14(18-15)16(19)21-2/h3-9H,1-2H3,(H,17,18). The molecule has 3 rings (SSSR count). The zero-order valence-electron chi connectivity index (χ0n) is 11.7.